The number of benzene rings is 1. The molecule has 0 saturated heterocycles. The molecule has 0 saturated carbocycles. The van der Waals surface area contributed by atoms with Crippen molar-refractivity contribution in [3.8, 4) is 0 Å². The highest BCUT2D eigenvalue weighted by Crippen LogP contribution is 2.13. The monoisotopic (exact) mass is 281 g/mol. The van der Waals surface area contributed by atoms with Crippen LogP contribution in [0.1, 0.15) is 13.3 Å². The van der Waals surface area contributed by atoms with Gasteiger partial charge in [0.25, 0.3) is 0 Å². The number of rotatable bonds is 7. The molecule has 1 aromatic carbocycles. The smallest absolute Gasteiger partial charge is 0.240 e. The van der Waals surface area contributed by atoms with Gasteiger partial charge in [0.05, 0.1) is 17.0 Å². The van der Waals surface area contributed by atoms with Crippen molar-refractivity contribution in [1.82, 2.24) is 4.72 Å². The van der Waals surface area contributed by atoms with Gasteiger partial charge >= 0.3 is 0 Å². The van der Waals surface area contributed by atoms with E-state index in [-0.39, 0.29) is 4.90 Å². The van der Waals surface area contributed by atoms with Crippen molar-refractivity contribution in [2.45, 2.75) is 30.4 Å². The van der Waals surface area contributed by atoms with Crippen LogP contribution in [0.3, 0.4) is 0 Å². The summed E-state index contributed by atoms with van der Waals surface area (Å²) in [6.07, 6.45) is 0.932. The minimum absolute atomic E-state index is 0.165. The van der Waals surface area contributed by atoms with Gasteiger partial charge in [0.1, 0.15) is 0 Å². The molecule has 0 aromatic heterocycles. The van der Waals surface area contributed by atoms with Gasteiger partial charge in [0.2, 0.25) is 10.0 Å². The van der Waals surface area contributed by atoms with Crippen molar-refractivity contribution in [3.63, 3.8) is 0 Å². The van der Waals surface area contributed by atoms with E-state index in [1.165, 1.54) is 12.1 Å². The molecule has 2 N–H and O–H groups in total. The average Bonchev–Trinajstić information content (AvgIpc) is 2.38. The molecule has 0 aliphatic heterocycles. The van der Waals surface area contributed by atoms with Gasteiger partial charge in [-0.3, -0.25) is 0 Å². The predicted octanol–water partition coefficient (Wildman–Crippen LogP) is 1.85. The molecule has 0 aliphatic carbocycles. The summed E-state index contributed by atoms with van der Waals surface area (Å²) in [4.78, 5) is 0.165. The quantitative estimate of drug-likeness (QED) is 0.750. The van der Waals surface area contributed by atoms with E-state index in [0.717, 1.165) is 0 Å². The van der Waals surface area contributed by atoms with Crippen LogP contribution in [0.2, 0.25) is 0 Å². The molecule has 1 aromatic rings. The summed E-state index contributed by atoms with van der Waals surface area (Å²) >= 11 is 0. The second kappa shape index (κ2) is 6.65. The highest BCUT2D eigenvalue weighted by Gasteiger charge is 2.25. The molecule has 0 radical (unpaired) electrons. The van der Waals surface area contributed by atoms with Crippen LogP contribution in [0, 0.1) is 0 Å². The van der Waals surface area contributed by atoms with Gasteiger partial charge < -0.3 is 5.11 Å². The molecule has 0 bridgehead atoms. The van der Waals surface area contributed by atoms with Crippen molar-refractivity contribution in [3.05, 3.63) is 55.1 Å². The Hall–Kier alpha value is -1.43. The molecular formula is C14H19NO3S. The maximum Gasteiger partial charge on any atom is 0.240 e. The lowest BCUT2D eigenvalue weighted by Crippen LogP contribution is -2.43. The van der Waals surface area contributed by atoms with E-state index in [2.05, 4.69) is 17.9 Å². The first-order chi connectivity index (χ1) is 8.88. The van der Waals surface area contributed by atoms with Gasteiger partial charge in [-0.05, 0) is 25.5 Å². The Morgan fingerprint density at radius 2 is 2.00 bits per heavy atom. The fourth-order valence-corrected chi connectivity index (χ4v) is 2.91. The zero-order chi connectivity index (χ0) is 14.5. The lowest BCUT2D eigenvalue weighted by molar-refractivity contribution is 0.173. The molecule has 0 aliphatic rings. The lowest BCUT2D eigenvalue weighted by atomic mass is 10.0. The third-order valence-corrected chi connectivity index (χ3v) is 4.17. The van der Waals surface area contributed by atoms with E-state index in [0.29, 0.717) is 12.0 Å². The van der Waals surface area contributed by atoms with E-state index in [9.17, 15) is 13.5 Å². The van der Waals surface area contributed by atoms with Gasteiger partial charge in [-0.25, -0.2) is 13.1 Å². The van der Waals surface area contributed by atoms with Gasteiger partial charge in [-0.2, -0.15) is 0 Å². The maximum atomic E-state index is 12.2. The van der Waals surface area contributed by atoms with Crippen LogP contribution in [0.15, 0.2) is 60.0 Å². The van der Waals surface area contributed by atoms with Gasteiger partial charge in [0.15, 0.2) is 0 Å². The van der Waals surface area contributed by atoms with Crippen LogP contribution in [-0.4, -0.2) is 25.7 Å². The number of sulfonamides is 1. The molecule has 104 valence electrons. The standard InChI is InChI=1S/C14H19NO3S/c1-4-8-13(14(16)11(2)3)15-19(17,18)12-9-6-5-7-10-12/h4-7,9-10,13-16H,1-2,8H2,3H3/t13-,14-/m1/s1. The third-order valence-electron chi connectivity index (χ3n) is 2.67. The van der Waals surface area contributed by atoms with Crippen molar-refractivity contribution in [1.29, 1.82) is 0 Å². The van der Waals surface area contributed by atoms with Crippen molar-refractivity contribution in [2.75, 3.05) is 0 Å². The fourth-order valence-electron chi connectivity index (χ4n) is 1.63. The summed E-state index contributed by atoms with van der Waals surface area (Å²) in [6.45, 7) is 8.86. The third kappa shape index (κ3) is 4.31. The summed E-state index contributed by atoms with van der Waals surface area (Å²) in [7, 11) is -3.66. The van der Waals surface area contributed by atoms with E-state index >= 15 is 0 Å². The number of nitrogens with one attached hydrogen (secondary N) is 1. The van der Waals surface area contributed by atoms with Crippen LogP contribution in [0.25, 0.3) is 0 Å². The summed E-state index contributed by atoms with van der Waals surface area (Å²) < 4.78 is 26.8. The minimum Gasteiger partial charge on any atom is -0.387 e. The Morgan fingerprint density at radius 1 is 1.42 bits per heavy atom. The van der Waals surface area contributed by atoms with Crippen LogP contribution >= 0.6 is 0 Å². The second-order valence-electron chi connectivity index (χ2n) is 4.36. The van der Waals surface area contributed by atoms with E-state index < -0.39 is 22.2 Å². The molecule has 5 heteroatoms. The summed E-state index contributed by atoms with van der Waals surface area (Å²) in [5, 5.41) is 9.95. The van der Waals surface area contributed by atoms with Crippen LogP contribution in [-0.2, 0) is 10.0 Å². The normalized spacial score (nSPS) is 14.6. The molecule has 2 atom stereocenters. The second-order valence-corrected chi connectivity index (χ2v) is 6.07. The fraction of sp³-hybridized carbons (Fsp3) is 0.286. The van der Waals surface area contributed by atoms with Crippen molar-refractivity contribution >= 4 is 10.0 Å². The summed E-state index contributed by atoms with van der Waals surface area (Å²) in [5.74, 6) is 0. The SMILES string of the molecule is C=CC[C@@H](NS(=O)(=O)c1ccccc1)[C@H](O)C(=C)C. The van der Waals surface area contributed by atoms with E-state index in [1.807, 2.05) is 0 Å². The Labute approximate surface area is 114 Å². The van der Waals surface area contributed by atoms with Crippen molar-refractivity contribution < 1.29 is 13.5 Å². The number of aliphatic hydroxyl groups is 1. The van der Waals surface area contributed by atoms with Crippen LogP contribution in [0.4, 0.5) is 0 Å². The molecule has 0 heterocycles. The maximum absolute atomic E-state index is 12.2. The molecule has 0 amide bonds. The summed E-state index contributed by atoms with van der Waals surface area (Å²) in [6, 6.07) is 7.36. The first-order valence-electron chi connectivity index (χ1n) is 5.90. The highest BCUT2D eigenvalue weighted by molar-refractivity contribution is 7.89. The topological polar surface area (TPSA) is 66.4 Å². The Morgan fingerprint density at radius 3 is 2.47 bits per heavy atom. The van der Waals surface area contributed by atoms with Crippen LogP contribution < -0.4 is 4.72 Å². The average molecular weight is 281 g/mol. The predicted molar refractivity (Wildman–Crippen MR) is 76.2 cm³/mol. The van der Waals surface area contributed by atoms with Gasteiger partial charge in [-0.1, -0.05) is 36.4 Å². The molecule has 0 spiro atoms. The first kappa shape index (κ1) is 15.6. The van der Waals surface area contributed by atoms with Gasteiger partial charge in [0, 0.05) is 0 Å². The Balaban J connectivity index is 2.96. The molecule has 19 heavy (non-hydrogen) atoms. The first-order valence-corrected chi connectivity index (χ1v) is 7.38. The zero-order valence-corrected chi connectivity index (χ0v) is 11.7. The van der Waals surface area contributed by atoms with E-state index in [4.69, 9.17) is 0 Å². The van der Waals surface area contributed by atoms with Crippen LogP contribution in [0.5, 0.6) is 0 Å². The number of aliphatic hydroxyl groups excluding tert-OH is 1. The molecule has 1 rings (SSSR count). The molecular weight excluding hydrogens is 262 g/mol. The number of hydrogen-bond donors (Lipinski definition) is 2. The zero-order valence-electron chi connectivity index (χ0n) is 10.9. The van der Waals surface area contributed by atoms with E-state index in [1.54, 1.807) is 31.2 Å². The molecule has 4 nitrogen and oxygen atoms in total. The largest absolute Gasteiger partial charge is 0.387 e. The lowest BCUT2D eigenvalue weighted by Gasteiger charge is -2.23. The van der Waals surface area contributed by atoms with Crippen molar-refractivity contribution in [2.24, 2.45) is 0 Å². The Kier molecular flexibility index (Phi) is 5.47. The molecule has 0 unspecified atom stereocenters. The summed E-state index contributed by atoms with van der Waals surface area (Å²) in [5.41, 5.74) is 0.502. The Bertz CT molecular complexity index is 537. The number of hydrogen-bond acceptors (Lipinski definition) is 3. The molecule has 0 fully saturated rings. The minimum atomic E-state index is -3.66. The van der Waals surface area contributed by atoms with Gasteiger partial charge in [-0.15, -0.1) is 6.58 Å². The highest BCUT2D eigenvalue weighted by atomic mass is 32.2.